The van der Waals surface area contributed by atoms with E-state index < -0.39 is 10.0 Å². The molecule has 0 saturated carbocycles. The minimum absolute atomic E-state index is 0.170. The summed E-state index contributed by atoms with van der Waals surface area (Å²) in [4.78, 5) is 22.9. The third-order valence-corrected chi connectivity index (χ3v) is 10.1. The standard InChI is InChI=1S/C28H38N4O3S2/c1-6-30(7-2)15-16-32(28-29-26-22(5)17-21(4)18-25(26)36-28)27(33)23-10-12-24(13-11-23)37(34,35)31-14-8-9-20(3)19-31/h10-13,17-18,20H,6-9,14-16,19H2,1-5H3. The molecule has 4 rings (SSSR count). The number of thiazole rings is 1. The lowest BCUT2D eigenvalue weighted by Crippen LogP contribution is -2.39. The van der Waals surface area contributed by atoms with Gasteiger partial charge in [0.25, 0.3) is 5.91 Å². The number of carbonyl (C=O) groups excluding carboxylic acids is 1. The molecule has 7 nitrogen and oxygen atoms in total. The Hall–Kier alpha value is -2.33. The molecule has 200 valence electrons. The van der Waals surface area contributed by atoms with Crippen LogP contribution in [-0.4, -0.2) is 67.8 Å². The van der Waals surface area contributed by atoms with Gasteiger partial charge in [-0.15, -0.1) is 0 Å². The number of nitrogens with zero attached hydrogens (tertiary/aromatic N) is 4. The van der Waals surface area contributed by atoms with Crippen molar-refractivity contribution in [1.29, 1.82) is 0 Å². The van der Waals surface area contributed by atoms with Gasteiger partial charge in [-0.05, 0) is 87.2 Å². The number of piperidine rings is 1. The fourth-order valence-corrected chi connectivity index (χ4v) is 7.74. The van der Waals surface area contributed by atoms with E-state index in [1.807, 2.05) is 6.92 Å². The lowest BCUT2D eigenvalue weighted by molar-refractivity contribution is 0.0983. The van der Waals surface area contributed by atoms with Crippen molar-refractivity contribution in [2.24, 2.45) is 5.92 Å². The molecule has 37 heavy (non-hydrogen) atoms. The summed E-state index contributed by atoms with van der Waals surface area (Å²) >= 11 is 1.52. The molecule has 0 radical (unpaired) electrons. The highest BCUT2D eigenvalue weighted by molar-refractivity contribution is 7.89. The van der Waals surface area contributed by atoms with E-state index >= 15 is 0 Å². The smallest absolute Gasteiger partial charge is 0.260 e. The molecule has 0 N–H and O–H groups in total. The van der Waals surface area contributed by atoms with E-state index in [-0.39, 0.29) is 10.8 Å². The minimum Gasteiger partial charge on any atom is -0.302 e. The molecule has 3 aromatic rings. The molecule has 1 aromatic heterocycles. The first-order valence-corrected chi connectivity index (χ1v) is 15.4. The zero-order valence-electron chi connectivity index (χ0n) is 22.5. The molecule has 2 heterocycles. The normalized spacial score (nSPS) is 17.0. The highest BCUT2D eigenvalue weighted by Gasteiger charge is 2.29. The molecule has 1 aliphatic heterocycles. The summed E-state index contributed by atoms with van der Waals surface area (Å²) < 4.78 is 29.0. The zero-order valence-corrected chi connectivity index (χ0v) is 24.2. The van der Waals surface area contributed by atoms with E-state index in [1.54, 1.807) is 33.5 Å². The Bertz CT molecular complexity index is 1350. The molecule has 1 fully saturated rings. The molecule has 1 atom stereocenters. The van der Waals surface area contributed by atoms with E-state index in [0.29, 0.717) is 36.2 Å². The van der Waals surface area contributed by atoms with Crippen LogP contribution in [0.3, 0.4) is 0 Å². The number of amides is 1. The third kappa shape index (κ3) is 6.06. The first-order chi connectivity index (χ1) is 17.6. The number of carbonyl (C=O) groups is 1. The van der Waals surface area contributed by atoms with Crippen LogP contribution in [0.25, 0.3) is 10.2 Å². The summed E-state index contributed by atoms with van der Waals surface area (Å²) in [5.74, 6) is 0.182. The number of aromatic nitrogens is 1. The van der Waals surface area contributed by atoms with Crippen LogP contribution < -0.4 is 4.90 Å². The molecule has 0 bridgehead atoms. The van der Waals surface area contributed by atoms with Gasteiger partial charge in [0.05, 0.1) is 15.1 Å². The Morgan fingerprint density at radius 2 is 1.81 bits per heavy atom. The predicted molar refractivity (Wildman–Crippen MR) is 152 cm³/mol. The predicted octanol–water partition coefficient (Wildman–Crippen LogP) is 5.32. The van der Waals surface area contributed by atoms with Gasteiger partial charge in [-0.2, -0.15) is 4.31 Å². The van der Waals surface area contributed by atoms with E-state index in [1.165, 1.54) is 16.9 Å². The van der Waals surface area contributed by atoms with Crippen LogP contribution >= 0.6 is 11.3 Å². The number of benzene rings is 2. The maximum atomic E-state index is 13.8. The Morgan fingerprint density at radius 1 is 1.11 bits per heavy atom. The topological polar surface area (TPSA) is 73.8 Å². The fraction of sp³-hybridized carbons (Fsp3) is 0.500. The second-order valence-electron chi connectivity index (χ2n) is 10.0. The quantitative estimate of drug-likeness (QED) is 0.366. The molecule has 1 aliphatic rings. The van der Waals surface area contributed by atoms with Crippen molar-refractivity contribution < 1.29 is 13.2 Å². The third-order valence-electron chi connectivity index (χ3n) is 7.19. The van der Waals surface area contributed by atoms with Crippen LogP contribution in [0.1, 0.15) is 55.1 Å². The Labute approximate surface area is 225 Å². The SMILES string of the molecule is CCN(CC)CCN(C(=O)c1ccc(S(=O)(=O)N2CCCC(C)C2)cc1)c1nc2c(C)cc(C)cc2s1. The number of rotatable bonds is 9. The van der Waals surface area contributed by atoms with Crippen molar-refractivity contribution in [3.05, 3.63) is 53.1 Å². The lowest BCUT2D eigenvalue weighted by atomic mass is 10.0. The highest BCUT2D eigenvalue weighted by atomic mass is 32.2. The molecule has 1 amide bonds. The molecule has 9 heteroatoms. The summed E-state index contributed by atoms with van der Waals surface area (Å²) in [5, 5.41) is 0.667. The van der Waals surface area contributed by atoms with Crippen molar-refractivity contribution in [1.82, 2.24) is 14.2 Å². The number of hydrogen-bond donors (Lipinski definition) is 0. The van der Waals surface area contributed by atoms with E-state index in [0.717, 1.165) is 48.3 Å². The van der Waals surface area contributed by atoms with Crippen LogP contribution in [0.2, 0.25) is 0 Å². The van der Waals surface area contributed by atoms with Crippen molar-refractivity contribution in [3.8, 4) is 0 Å². The van der Waals surface area contributed by atoms with Gasteiger partial charge in [0.2, 0.25) is 10.0 Å². The highest BCUT2D eigenvalue weighted by Crippen LogP contribution is 2.32. The van der Waals surface area contributed by atoms with E-state index in [2.05, 4.69) is 44.7 Å². The van der Waals surface area contributed by atoms with Gasteiger partial charge in [0, 0.05) is 31.7 Å². The summed E-state index contributed by atoms with van der Waals surface area (Å²) in [6, 6.07) is 10.6. The zero-order chi connectivity index (χ0) is 26.7. The first-order valence-electron chi connectivity index (χ1n) is 13.2. The lowest BCUT2D eigenvalue weighted by Gasteiger charge is -2.30. The average molecular weight is 543 g/mol. The summed E-state index contributed by atoms with van der Waals surface area (Å²) in [5.41, 5.74) is 3.64. The maximum absolute atomic E-state index is 13.8. The summed E-state index contributed by atoms with van der Waals surface area (Å²) in [6.45, 7) is 14.5. The van der Waals surface area contributed by atoms with Gasteiger partial charge in [-0.3, -0.25) is 9.69 Å². The number of hydrogen-bond acceptors (Lipinski definition) is 6. The summed E-state index contributed by atoms with van der Waals surface area (Å²) in [6.07, 6.45) is 1.92. The molecular weight excluding hydrogens is 504 g/mol. The minimum atomic E-state index is -3.57. The monoisotopic (exact) mass is 542 g/mol. The molecule has 2 aromatic carbocycles. The molecule has 0 aliphatic carbocycles. The van der Waals surface area contributed by atoms with Gasteiger partial charge < -0.3 is 4.90 Å². The van der Waals surface area contributed by atoms with E-state index in [4.69, 9.17) is 4.98 Å². The van der Waals surface area contributed by atoms with Gasteiger partial charge >= 0.3 is 0 Å². The van der Waals surface area contributed by atoms with Crippen LogP contribution in [0.5, 0.6) is 0 Å². The van der Waals surface area contributed by atoms with Crippen LogP contribution in [0.15, 0.2) is 41.3 Å². The maximum Gasteiger partial charge on any atom is 0.260 e. The number of sulfonamides is 1. The molecular formula is C28H38N4O3S2. The van der Waals surface area contributed by atoms with Crippen molar-refractivity contribution in [2.75, 3.05) is 44.2 Å². The average Bonchev–Trinajstić information content (AvgIpc) is 3.30. The van der Waals surface area contributed by atoms with Crippen molar-refractivity contribution in [2.45, 2.75) is 52.4 Å². The van der Waals surface area contributed by atoms with Crippen LogP contribution in [-0.2, 0) is 10.0 Å². The Morgan fingerprint density at radius 3 is 2.46 bits per heavy atom. The summed E-state index contributed by atoms with van der Waals surface area (Å²) in [7, 11) is -3.57. The van der Waals surface area contributed by atoms with Crippen molar-refractivity contribution in [3.63, 3.8) is 0 Å². The van der Waals surface area contributed by atoms with Gasteiger partial charge in [0.15, 0.2) is 5.13 Å². The van der Waals surface area contributed by atoms with Gasteiger partial charge in [0.1, 0.15) is 0 Å². The Kier molecular flexibility index (Phi) is 8.68. The molecule has 0 spiro atoms. The number of likely N-dealkylation sites (N-methyl/N-ethyl adjacent to an activating group) is 1. The Balaban J connectivity index is 1.63. The largest absolute Gasteiger partial charge is 0.302 e. The van der Waals surface area contributed by atoms with Crippen LogP contribution in [0, 0.1) is 19.8 Å². The van der Waals surface area contributed by atoms with E-state index in [9.17, 15) is 13.2 Å². The number of aryl methyl sites for hydroxylation is 2. The second-order valence-corrected chi connectivity index (χ2v) is 13.0. The fourth-order valence-electron chi connectivity index (χ4n) is 4.98. The molecule has 1 saturated heterocycles. The number of fused-ring (bicyclic) bond motifs is 1. The molecule has 1 unspecified atom stereocenters. The van der Waals surface area contributed by atoms with Crippen molar-refractivity contribution >= 4 is 42.6 Å². The number of anilines is 1. The van der Waals surface area contributed by atoms with Gasteiger partial charge in [-0.1, -0.05) is 38.2 Å². The first kappa shape index (κ1) is 27.7. The second kappa shape index (κ2) is 11.6. The van der Waals surface area contributed by atoms with Crippen LogP contribution in [0.4, 0.5) is 5.13 Å². The van der Waals surface area contributed by atoms with Gasteiger partial charge in [-0.25, -0.2) is 13.4 Å².